The highest BCUT2D eigenvalue weighted by Gasteiger charge is 2.13. The summed E-state index contributed by atoms with van der Waals surface area (Å²) in [6, 6.07) is 7.37. The molecule has 1 heterocycles. The summed E-state index contributed by atoms with van der Waals surface area (Å²) < 4.78 is 13.2. The van der Waals surface area contributed by atoms with E-state index in [1.807, 2.05) is 6.07 Å². The first-order valence-corrected chi connectivity index (χ1v) is 7.53. The van der Waals surface area contributed by atoms with Gasteiger partial charge in [0.25, 0.3) is 0 Å². The van der Waals surface area contributed by atoms with E-state index in [9.17, 15) is 4.39 Å². The van der Waals surface area contributed by atoms with Crippen LogP contribution in [0.15, 0.2) is 24.3 Å². The molecule has 1 unspecified atom stereocenters. The van der Waals surface area contributed by atoms with Crippen LogP contribution in [0, 0.1) is 5.82 Å². The lowest BCUT2D eigenvalue weighted by Crippen LogP contribution is -2.46. The minimum Gasteiger partial charge on any atom is -0.314 e. The van der Waals surface area contributed by atoms with Crippen LogP contribution in [-0.4, -0.2) is 62.2 Å². The largest absolute Gasteiger partial charge is 0.314 e. The average molecular weight is 279 g/mol. The van der Waals surface area contributed by atoms with E-state index in [4.69, 9.17) is 0 Å². The van der Waals surface area contributed by atoms with Crippen LogP contribution in [0.4, 0.5) is 4.39 Å². The summed E-state index contributed by atoms with van der Waals surface area (Å²) in [4.78, 5) is 4.87. The zero-order valence-corrected chi connectivity index (χ0v) is 12.6. The zero-order chi connectivity index (χ0) is 14.4. The number of benzene rings is 1. The highest BCUT2D eigenvalue weighted by Crippen LogP contribution is 2.09. The van der Waals surface area contributed by atoms with E-state index in [1.165, 1.54) is 6.07 Å². The fourth-order valence-electron chi connectivity index (χ4n) is 2.62. The van der Waals surface area contributed by atoms with Crippen LogP contribution in [0.3, 0.4) is 0 Å². The number of nitrogens with one attached hydrogen (secondary N) is 1. The summed E-state index contributed by atoms with van der Waals surface area (Å²) in [7, 11) is 2.16. The topological polar surface area (TPSA) is 18.5 Å². The maximum Gasteiger partial charge on any atom is 0.123 e. The summed E-state index contributed by atoms with van der Waals surface area (Å²) in [6.45, 7) is 8.88. The van der Waals surface area contributed by atoms with Crippen molar-refractivity contribution in [3.63, 3.8) is 0 Å². The van der Waals surface area contributed by atoms with Crippen molar-refractivity contribution in [3.05, 3.63) is 35.6 Å². The van der Waals surface area contributed by atoms with Crippen LogP contribution < -0.4 is 5.32 Å². The number of halogens is 1. The smallest absolute Gasteiger partial charge is 0.123 e. The minimum atomic E-state index is -0.141. The van der Waals surface area contributed by atoms with E-state index >= 15 is 0 Å². The third kappa shape index (κ3) is 4.85. The van der Waals surface area contributed by atoms with Crippen molar-refractivity contribution >= 4 is 0 Å². The third-order valence-electron chi connectivity index (χ3n) is 4.15. The Labute approximate surface area is 121 Å². The second-order valence-corrected chi connectivity index (χ2v) is 5.76. The molecular weight excluding hydrogens is 253 g/mol. The van der Waals surface area contributed by atoms with E-state index in [0.717, 1.165) is 51.3 Å². The lowest BCUT2D eigenvalue weighted by molar-refractivity contribution is 0.182. The van der Waals surface area contributed by atoms with E-state index in [0.29, 0.717) is 6.04 Å². The highest BCUT2D eigenvalue weighted by molar-refractivity contribution is 5.17. The van der Waals surface area contributed by atoms with Gasteiger partial charge in [-0.3, -0.25) is 4.90 Å². The van der Waals surface area contributed by atoms with Gasteiger partial charge in [-0.25, -0.2) is 4.39 Å². The van der Waals surface area contributed by atoms with Crippen LogP contribution in [-0.2, 0) is 6.42 Å². The lowest BCUT2D eigenvalue weighted by atomic mass is 10.1. The number of likely N-dealkylation sites (N-methyl/N-ethyl adjacent to an activating group) is 1. The van der Waals surface area contributed by atoms with Crippen LogP contribution in [0.2, 0.25) is 0 Å². The number of hydrogen-bond acceptors (Lipinski definition) is 3. The van der Waals surface area contributed by atoms with Gasteiger partial charge in [0.1, 0.15) is 5.82 Å². The van der Waals surface area contributed by atoms with Crippen molar-refractivity contribution in [3.8, 4) is 0 Å². The van der Waals surface area contributed by atoms with Gasteiger partial charge >= 0.3 is 0 Å². The minimum absolute atomic E-state index is 0.141. The molecule has 0 amide bonds. The molecule has 1 fully saturated rings. The predicted octanol–water partition coefficient (Wildman–Crippen LogP) is 1.59. The Morgan fingerprint density at radius 3 is 2.80 bits per heavy atom. The normalized spacial score (nSPS) is 18.4. The van der Waals surface area contributed by atoms with Gasteiger partial charge in [0.05, 0.1) is 0 Å². The molecule has 1 aliphatic heterocycles. The van der Waals surface area contributed by atoms with Crippen LogP contribution in [0.25, 0.3) is 0 Å². The first-order chi connectivity index (χ1) is 9.65. The number of rotatable bonds is 6. The molecule has 1 N–H and O–H groups in total. The SMILES string of the molecule is CC(Cc1cccc(F)c1)N(C)CCN1CCNCC1. The van der Waals surface area contributed by atoms with Crippen molar-refractivity contribution in [1.82, 2.24) is 15.1 Å². The third-order valence-corrected chi connectivity index (χ3v) is 4.15. The summed E-state index contributed by atoms with van der Waals surface area (Å²) in [5.74, 6) is -0.141. The first kappa shape index (κ1) is 15.4. The van der Waals surface area contributed by atoms with Gasteiger partial charge in [-0.15, -0.1) is 0 Å². The molecule has 20 heavy (non-hydrogen) atoms. The van der Waals surface area contributed by atoms with Crippen molar-refractivity contribution in [2.75, 3.05) is 46.3 Å². The fourth-order valence-corrected chi connectivity index (χ4v) is 2.62. The number of piperazine rings is 1. The van der Waals surface area contributed by atoms with Gasteiger partial charge in [-0.1, -0.05) is 12.1 Å². The Bertz CT molecular complexity index is 404. The standard InChI is InChI=1S/C16H26FN3/c1-14(12-15-4-3-5-16(17)13-15)19(2)10-11-20-8-6-18-7-9-20/h3-5,13-14,18H,6-12H2,1-2H3. The molecule has 112 valence electrons. The van der Waals surface area contributed by atoms with Crippen LogP contribution >= 0.6 is 0 Å². The monoisotopic (exact) mass is 279 g/mol. The average Bonchev–Trinajstić information content (AvgIpc) is 2.46. The van der Waals surface area contributed by atoms with Crippen LogP contribution in [0.1, 0.15) is 12.5 Å². The molecule has 0 aliphatic carbocycles. The van der Waals surface area contributed by atoms with E-state index in [2.05, 4.69) is 29.1 Å². The van der Waals surface area contributed by atoms with Crippen molar-refractivity contribution in [2.24, 2.45) is 0 Å². The Hall–Kier alpha value is -0.970. The maximum atomic E-state index is 13.2. The van der Waals surface area contributed by atoms with E-state index in [1.54, 1.807) is 12.1 Å². The van der Waals surface area contributed by atoms with Crippen molar-refractivity contribution in [1.29, 1.82) is 0 Å². The molecule has 0 spiro atoms. The van der Waals surface area contributed by atoms with Crippen LogP contribution in [0.5, 0.6) is 0 Å². The van der Waals surface area contributed by atoms with Gasteiger partial charge in [0, 0.05) is 45.3 Å². The maximum absolute atomic E-state index is 13.2. The predicted molar refractivity (Wildman–Crippen MR) is 81.5 cm³/mol. The quantitative estimate of drug-likeness (QED) is 0.853. The molecule has 1 aromatic carbocycles. The fraction of sp³-hybridized carbons (Fsp3) is 0.625. The van der Waals surface area contributed by atoms with Gasteiger partial charge in [-0.05, 0) is 38.1 Å². The molecule has 0 radical (unpaired) electrons. The Kier molecular flexibility index (Phi) is 5.95. The highest BCUT2D eigenvalue weighted by atomic mass is 19.1. The molecule has 1 aliphatic rings. The summed E-state index contributed by atoms with van der Waals surface area (Å²) >= 11 is 0. The Balaban J connectivity index is 1.75. The van der Waals surface area contributed by atoms with E-state index in [-0.39, 0.29) is 5.82 Å². The zero-order valence-electron chi connectivity index (χ0n) is 12.6. The summed E-state index contributed by atoms with van der Waals surface area (Å²) in [5, 5.41) is 3.37. The van der Waals surface area contributed by atoms with Gasteiger partial charge in [0.2, 0.25) is 0 Å². The van der Waals surface area contributed by atoms with Gasteiger partial charge in [-0.2, -0.15) is 0 Å². The molecule has 0 saturated carbocycles. The molecule has 2 rings (SSSR count). The Morgan fingerprint density at radius 1 is 1.35 bits per heavy atom. The molecule has 1 saturated heterocycles. The molecule has 1 aromatic rings. The summed E-state index contributed by atoms with van der Waals surface area (Å²) in [6.07, 6.45) is 0.899. The molecule has 3 nitrogen and oxygen atoms in total. The van der Waals surface area contributed by atoms with E-state index < -0.39 is 0 Å². The molecular formula is C16H26FN3. The molecule has 4 heteroatoms. The van der Waals surface area contributed by atoms with Gasteiger partial charge in [0.15, 0.2) is 0 Å². The first-order valence-electron chi connectivity index (χ1n) is 7.53. The van der Waals surface area contributed by atoms with Crippen molar-refractivity contribution in [2.45, 2.75) is 19.4 Å². The summed E-state index contributed by atoms with van der Waals surface area (Å²) in [5.41, 5.74) is 1.08. The number of nitrogens with zero attached hydrogens (tertiary/aromatic N) is 2. The Morgan fingerprint density at radius 2 is 2.10 bits per heavy atom. The second-order valence-electron chi connectivity index (χ2n) is 5.76. The molecule has 0 bridgehead atoms. The lowest BCUT2D eigenvalue weighted by Gasteiger charge is -2.31. The molecule has 1 atom stereocenters. The molecule has 0 aromatic heterocycles. The van der Waals surface area contributed by atoms with Gasteiger partial charge < -0.3 is 10.2 Å². The van der Waals surface area contributed by atoms with Crippen molar-refractivity contribution < 1.29 is 4.39 Å². The number of hydrogen-bond donors (Lipinski definition) is 1. The second kappa shape index (κ2) is 7.72.